The van der Waals surface area contributed by atoms with Crippen molar-refractivity contribution in [2.45, 2.75) is 44.7 Å². The van der Waals surface area contributed by atoms with Crippen molar-refractivity contribution in [1.82, 2.24) is 9.21 Å². The summed E-state index contributed by atoms with van der Waals surface area (Å²) < 4.78 is 26.7. The second kappa shape index (κ2) is 9.73. The zero-order chi connectivity index (χ0) is 21.7. The summed E-state index contributed by atoms with van der Waals surface area (Å²) >= 11 is 0. The van der Waals surface area contributed by atoms with Gasteiger partial charge in [0.25, 0.3) is 5.91 Å². The second-order valence-electron chi connectivity index (χ2n) is 7.72. The topological polar surface area (TPSA) is 74.3 Å². The van der Waals surface area contributed by atoms with Gasteiger partial charge in [0.15, 0.2) is 6.54 Å². The number of nitrogens with two attached hydrogens (primary N) is 1. The van der Waals surface area contributed by atoms with Gasteiger partial charge in [0.1, 0.15) is 6.04 Å². The van der Waals surface area contributed by atoms with Crippen LogP contribution >= 0.6 is 0 Å². The molecule has 0 saturated heterocycles. The summed E-state index contributed by atoms with van der Waals surface area (Å²) in [6, 6.07) is 15.4. The smallest absolute Gasteiger partial charge is 0.278 e. The fourth-order valence-corrected chi connectivity index (χ4v) is 5.37. The van der Waals surface area contributed by atoms with E-state index in [0.717, 1.165) is 18.5 Å². The molecule has 2 N–H and O–H groups in total. The highest BCUT2D eigenvalue weighted by molar-refractivity contribution is 7.89. The van der Waals surface area contributed by atoms with Gasteiger partial charge in [-0.1, -0.05) is 50.2 Å². The van der Waals surface area contributed by atoms with Gasteiger partial charge in [-0.25, -0.2) is 8.42 Å². The third-order valence-electron chi connectivity index (χ3n) is 5.88. The Kier molecular flexibility index (Phi) is 7.28. The molecule has 0 spiro atoms. The van der Waals surface area contributed by atoms with Gasteiger partial charge in [-0.15, -0.1) is 0 Å². The van der Waals surface area contributed by atoms with E-state index in [4.69, 9.17) is 0 Å². The summed E-state index contributed by atoms with van der Waals surface area (Å²) in [5.41, 5.74) is 3.57. The number of fused-ring (bicyclic) bond motifs is 1. The molecule has 0 aromatic heterocycles. The van der Waals surface area contributed by atoms with E-state index in [1.54, 1.807) is 12.1 Å². The minimum absolute atomic E-state index is 0.0660. The van der Waals surface area contributed by atoms with Gasteiger partial charge < -0.3 is 10.2 Å². The van der Waals surface area contributed by atoms with E-state index in [9.17, 15) is 13.2 Å². The Balaban J connectivity index is 1.57. The number of hydrogen-bond donors (Lipinski definition) is 1. The molecule has 0 radical (unpaired) electrons. The molecule has 0 bridgehead atoms. The molecule has 0 fully saturated rings. The number of carbonyl (C=O) groups is 1. The summed E-state index contributed by atoms with van der Waals surface area (Å²) in [5, 5.41) is 2.01. The highest BCUT2D eigenvalue weighted by Crippen LogP contribution is 2.19. The van der Waals surface area contributed by atoms with Crippen LogP contribution in [-0.4, -0.2) is 49.7 Å². The zero-order valence-electron chi connectivity index (χ0n) is 18.0. The summed E-state index contributed by atoms with van der Waals surface area (Å²) in [6.45, 7) is 8.43. The van der Waals surface area contributed by atoms with Crippen molar-refractivity contribution in [3.05, 3.63) is 65.2 Å². The first kappa shape index (κ1) is 22.5. The summed E-state index contributed by atoms with van der Waals surface area (Å²) in [7, 11) is -3.45. The molecule has 162 valence electrons. The molecule has 1 atom stereocenters. The largest absolute Gasteiger partial charge is 0.333 e. The number of quaternary nitrogens is 1. The monoisotopic (exact) mass is 430 g/mol. The third-order valence-corrected chi connectivity index (χ3v) is 7.94. The molecule has 3 rings (SSSR count). The Labute approximate surface area is 179 Å². The average Bonchev–Trinajstić information content (AvgIpc) is 2.77. The van der Waals surface area contributed by atoms with E-state index in [0.29, 0.717) is 31.1 Å². The van der Waals surface area contributed by atoms with Gasteiger partial charge in [-0.2, -0.15) is 4.31 Å². The number of rotatable bonds is 8. The van der Waals surface area contributed by atoms with Crippen LogP contribution < -0.4 is 5.32 Å². The number of sulfonamides is 1. The fourth-order valence-electron chi connectivity index (χ4n) is 3.91. The molecule has 2 aromatic rings. The minimum Gasteiger partial charge on any atom is -0.333 e. The predicted octanol–water partition coefficient (Wildman–Crippen LogP) is 1.93. The van der Waals surface area contributed by atoms with Gasteiger partial charge in [0.2, 0.25) is 10.0 Å². The third kappa shape index (κ3) is 4.91. The molecule has 1 aliphatic rings. The van der Waals surface area contributed by atoms with Crippen LogP contribution in [0, 0.1) is 0 Å². The lowest BCUT2D eigenvalue weighted by molar-refractivity contribution is -0.683. The molecule has 1 aliphatic heterocycles. The fraction of sp³-hybridized carbons (Fsp3) is 0.435. The number of nitrogens with zero attached hydrogens (tertiary/aromatic N) is 2. The molecule has 1 amide bonds. The maximum atomic E-state index is 12.7. The molecular weight excluding hydrogens is 398 g/mol. The lowest BCUT2D eigenvalue weighted by Gasteiger charge is -2.28. The van der Waals surface area contributed by atoms with Gasteiger partial charge in [0, 0.05) is 31.7 Å². The Morgan fingerprint density at radius 3 is 2.33 bits per heavy atom. The molecule has 6 nitrogen and oxygen atoms in total. The van der Waals surface area contributed by atoms with Gasteiger partial charge in [-0.05, 0) is 36.6 Å². The van der Waals surface area contributed by atoms with E-state index in [-0.39, 0.29) is 11.9 Å². The summed E-state index contributed by atoms with van der Waals surface area (Å²) in [6.07, 6.45) is 0.903. The maximum Gasteiger partial charge on any atom is 0.278 e. The van der Waals surface area contributed by atoms with Crippen LogP contribution in [0.4, 0.5) is 0 Å². The first-order valence-electron chi connectivity index (χ1n) is 10.6. The molecule has 1 heterocycles. The van der Waals surface area contributed by atoms with Crippen LogP contribution in [0.5, 0.6) is 0 Å². The Bertz CT molecular complexity index is 969. The van der Waals surface area contributed by atoms with Crippen molar-refractivity contribution in [3.63, 3.8) is 0 Å². The molecule has 7 heteroatoms. The quantitative estimate of drug-likeness (QED) is 0.695. The maximum absolute atomic E-state index is 12.7. The van der Waals surface area contributed by atoms with Crippen LogP contribution in [0.25, 0.3) is 0 Å². The van der Waals surface area contributed by atoms with Crippen LogP contribution in [0.2, 0.25) is 0 Å². The van der Waals surface area contributed by atoms with Crippen LogP contribution in [-0.2, 0) is 27.8 Å². The van der Waals surface area contributed by atoms with Gasteiger partial charge >= 0.3 is 0 Å². The zero-order valence-corrected chi connectivity index (χ0v) is 18.9. The second-order valence-corrected chi connectivity index (χ2v) is 9.66. The summed E-state index contributed by atoms with van der Waals surface area (Å²) in [5.74, 6) is 0.136. The highest BCUT2D eigenvalue weighted by atomic mass is 32.2. The van der Waals surface area contributed by atoms with E-state index >= 15 is 0 Å². The number of benzene rings is 2. The highest BCUT2D eigenvalue weighted by Gasteiger charge is 2.24. The first-order valence-corrected chi connectivity index (χ1v) is 12.1. The standard InChI is InChI=1S/C23H31N3O3S/c1-4-26(5-2)30(28,29)22-12-10-19(11-13-22)18(3)24-16-23(27)25-15-14-20-8-6-7-9-21(20)17-25/h6-13,18,24H,4-5,14-17H2,1-3H3/p+1/t18-/m1/s1. The normalized spacial score (nSPS) is 15.1. The van der Waals surface area contributed by atoms with Gasteiger partial charge in [-0.3, -0.25) is 4.79 Å². The number of amides is 1. The molecule has 0 aliphatic carbocycles. The molecule has 0 unspecified atom stereocenters. The van der Waals surface area contributed by atoms with Crippen molar-refractivity contribution in [2.24, 2.45) is 0 Å². The van der Waals surface area contributed by atoms with Crippen molar-refractivity contribution >= 4 is 15.9 Å². The lowest BCUT2D eigenvalue weighted by atomic mass is 10.00. The lowest BCUT2D eigenvalue weighted by Crippen LogP contribution is -2.87. The summed E-state index contributed by atoms with van der Waals surface area (Å²) in [4.78, 5) is 14.9. The number of hydrogen-bond acceptors (Lipinski definition) is 3. The van der Waals surface area contributed by atoms with Crippen LogP contribution in [0.15, 0.2) is 53.4 Å². The SMILES string of the molecule is CCN(CC)S(=O)(=O)c1ccc([C@@H](C)[NH2+]CC(=O)N2CCc3ccccc3C2)cc1. The Morgan fingerprint density at radius 1 is 1.07 bits per heavy atom. The predicted molar refractivity (Wildman–Crippen MR) is 117 cm³/mol. The van der Waals surface area contributed by atoms with E-state index in [2.05, 4.69) is 12.1 Å². The Morgan fingerprint density at radius 2 is 1.70 bits per heavy atom. The van der Waals surface area contributed by atoms with Crippen molar-refractivity contribution in [1.29, 1.82) is 0 Å². The number of carbonyl (C=O) groups excluding carboxylic acids is 1. The Hall–Kier alpha value is -2.22. The van der Waals surface area contributed by atoms with E-state index in [1.165, 1.54) is 15.4 Å². The minimum atomic E-state index is -3.45. The van der Waals surface area contributed by atoms with E-state index < -0.39 is 10.0 Å². The van der Waals surface area contributed by atoms with Gasteiger partial charge in [0.05, 0.1) is 4.90 Å². The van der Waals surface area contributed by atoms with Crippen molar-refractivity contribution < 1.29 is 18.5 Å². The van der Waals surface area contributed by atoms with Crippen LogP contribution in [0.1, 0.15) is 43.5 Å². The molecular formula is C23H32N3O3S+. The van der Waals surface area contributed by atoms with E-state index in [1.807, 2.05) is 55.3 Å². The van der Waals surface area contributed by atoms with Crippen LogP contribution in [0.3, 0.4) is 0 Å². The average molecular weight is 431 g/mol. The first-order chi connectivity index (χ1) is 14.4. The van der Waals surface area contributed by atoms with Crippen molar-refractivity contribution in [2.75, 3.05) is 26.2 Å². The molecule has 2 aromatic carbocycles. The van der Waals surface area contributed by atoms with Crippen molar-refractivity contribution in [3.8, 4) is 0 Å². The molecule has 0 saturated carbocycles. The molecule has 30 heavy (non-hydrogen) atoms.